The number of carbonyl (C=O) groups is 1. The molecule has 0 saturated carbocycles. The molecular weight excluding hydrogens is 445 g/mol. The van der Waals surface area contributed by atoms with E-state index in [0.29, 0.717) is 38.3 Å². The van der Waals surface area contributed by atoms with Gasteiger partial charge in [-0.05, 0) is 48.5 Å². The number of hydrogen-bond acceptors (Lipinski definition) is 6. The van der Waals surface area contributed by atoms with Gasteiger partial charge in [0.2, 0.25) is 5.89 Å². The summed E-state index contributed by atoms with van der Waals surface area (Å²) < 4.78 is 10.7. The van der Waals surface area contributed by atoms with Crippen LogP contribution in [0.5, 0.6) is 5.75 Å². The second kappa shape index (κ2) is 8.25. The van der Waals surface area contributed by atoms with Crippen molar-refractivity contribution >= 4 is 51.6 Å². The van der Waals surface area contributed by atoms with Crippen molar-refractivity contribution in [3.8, 4) is 17.2 Å². The summed E-state index contributed by atoms with van der Waals surface area (Å²) in [6.07, 6.45) is 0. The smallest absolute Gasteiger partial charge is 0.311 e. The third-order valence-electron chi connectivity index (χ3n) is 4.44. The van der Waals surface area contributed by atoms with Gasteiger partial charge in [0.25, 0.3) is 5.91 Å². The van der Waals surface area contributed by atoms with Gasteiger partial charge in [0.1, 0.15) is 5.52 Å². The van der Waals surface area contributed by atoms with Crippen molar-refractivity contribution in [3.05, 3.63) is 80.3 Å². The molecule has 8 nitrogen and oxygen atoms in total. The molecule has 0 saturated heterocycles. The number of nitro groups is 1. The topological polar surface area (TPSA) is 108 Å². The first-order chi connectivity index (χ1) is 14.9. The summed E-state index contributed by atoms with van der Waals surface area (Å²) in [5, 5.41) is 14.7. The molecule has 0 aliphatic carbocycles. The number of anilines is 1. The standard InChI is InChI=1S/C21H13Cl2N3O5/c1-30-18-7-4-12(8-17(18)26(28)29)20(27)24-14-5-2-11(3-6-14)21-25-16-10-13(22)9-15(23)19(16)31-21/h2-10H,1H3,(H,24,27). The fourth-order valence-electron chi connectivity index (χ4n) is 2.96. The Hall–Kier alpha value is -3.62. The van der Waals surface area contributed by atoms with Crippen LogP contribution >= 0.6 is 23.2 Å². The Balaban J connectivity index is 1.55. The van der Waals surface area contributed by atoms with E-state index in [0.717, 1.165) is 6.07 Å². The molecule has 10 heteroatoms. The molecule has 1 aromatic heterocycles. The minimum absolute atomic E-state index is 0.0747. The van der Waals surface area contributed by atoms with Gasteiger partial charge in [-0.2, -0.15) is 0 Å². The number of amides is 1. The number of nitrogens with one attached hydrogen (secondary N) is 1. The van der Waals surface area contributed by atoms with Gasteiger partial charge < -0.3 is 14.5 Å². The van der Waals surface area contributed by atoms with Gasteiger partial charge in [0, 0.05) is 27.9 Å². The van der Waals surface area contributed by atoms with Crippen LogP contribution in [0.25, 0.3) is 22.6 Å². The van der Waals surface area contributed by atoms with Crippen molar-refractivity contribution in [2.24, 2.45) is 0 Å². The molecule has 156 valence electrons. The average molecular weight is 458 g/mol. The highest BCUT2D eigenvalue weighted by atomic mass is 35.5. The van der Waals surface area contributed by atoms with E-state index in [1.54, 1.807) is 36.4 Å². The van der Waals surface area contributed by atoms with Crippen molar-refractivity contribution in [1.29, 1.82) is 0 Å². The van der Waals surface area contributed by atoms with E-state index in [-0.39, 0.29) is 17.0 Å². The highest BCUT2D eigenvalue weighted by molar-refractivity contribution is 6.38. The summed E-state index contributed by atoms with van der Waals surface area (Å²) in [6, 6.07) is 14.0. The summed E-state index contributed by atoms with van der Waals surface area (Å²) in [7, 11) is 1.32. The molecule has 0 aliphatic rings. The van der Waals surface area contributed by atoms with Crippen molar-refractivity contribution in [1.82, 2.24) is 4.98 Å². The molecule has 0 aliphatic heterocycles. The molecule has 0 fully saturated rings. The fraction of sp³-hybridized carbons (Fsp3) is 0.0476. The zero-order chi connectivity index (χ0) is 22.1. The highest BCUT2D eigenvalue weighted by Crippen LogP contribution is 2.32. The number of ether oxygens (including phenoxy) is 1. The highest BCUT2D eigenvalue weighted by Gasteiger charge is 2.18. The van der Waals surface area contributed by atoms with Crippen molar-refractivity contribution in [2.75, 3.05) is 12.4 Å². The lowest BCUT2D eigenvalue weighted by molar-refractivity contribution is -0.385. The van der Waals surface area contributed by atoms with Gasteiger partial charge in [-0.1, -0.05) is 23.2 Å². The molecule has 4 aromatic rings. The van der Waals surface area contributed by atoms with Gasteiger partial charge in [0.05, 0.1) is 17.1 Å². The zero-order valence-corrected chi connectivity index (χ0v) is 17.4. The molecular formula is C21H13Cl2N3O5. The quantitative estimate of drug-likeness (QED) is 0.292. The number of halogens is 2. The maximum Gasteiger partial charge on any atom is 0.311 e. The first kappa shape index (κ1) is 20.6. The third-order valence-corrected chi connectivity index (χ3v) is 4.94. The number of methoxy groups -OCH3 is 1. The van der Waals surface area contributed by atoms with E-state index in [4.69, 9.17) is 32.4 Å². The first-order valence-corrected chi connectivity index (χ1v) is 9.61. The molecule has 1 heterocycles. The Labute approximate surface area is 185 Å². The number of carbonyl (C=O) groups excluding carboxylic acids is 1. The predicted octanol–water partition coefficient (Wildman–Crippen LogP) is 5.97. The minimum atomic E-state index is -0.607. The van der Waals surface area contributed by atoms with Crippen molar-refractivity contribution in [2.45, 2.75) is 0 Å². The lowest BCUT2D eigenvalue weighted by atomic mass is 10.1. The van der Waals surface area contributed by atoms with Crippen LogP contribution in [0.2, 0.25) is 10.0 Å². The Morgan fingerprint density at radius 2 is 1.87 bits per heavy atom. The number of nitrogens with zero attached hydrogens (tertiary/aromatic N) is 2. The number of nitro benzene ring substituents is 1. The maximum absolute atomic E-state index is 12.5. The lowest BCUT2D eigenvalue weighted by Gasteiger charge is -2.07. The van der Waals surface area contributed by atoms with E-state index < -0.39 is 10.8 Å². The number of rotatable bonds is 5. The van der Waals surface area contributed by atoms with Gasteiger partial charge in [-0.15, -0.1) is 0 Å². The Morgan fingerprint density at radius 1 is 1.13 bits per heavy atom. The van der Waals surface area contributed by atoms with E-state index in [9.17, 15) is 14.9 Å². The summed E-state index contributed by atoms with van der Waals surface area (Å²) in [6.45, 7) is 0. The molecule has 4 rings (SSSR count). The summed E-state index contributed by atoms with van der Waals surface area (Å²) in [5.74, 6) is -0.0739. The lowest BCUT2D eigenvalue weighted by Crippen LogP contribution is -2.12. The molecule has 1 amide bonds. The molecule has 31 heavy (non-hydrogen) atoms. The average Bonchev–Trinajstić information content (AvgIpc) is 3.18. The summed E-state index contributed by atoms with van der Waals surface area (Å²) in [4.78, 5) is 27.4. The number of fused-ring (bicyclic) bond motifs is 1. The van der Waals surface area contributed by atoms with Crippen LogP contribution in [0.4, 0.5) is 11.4 Å². The number of oxazole rings is 1. The minimum Gasteiger partial charge on any atom is -0.490 e. The van der Waals surface area contributed by atoms with Gasteiger partial charge >= 0.3 is 5.69 Å². The predicted molar refractivity (Wildman–Crippen MR) is 117 cm³/mol. The first-order valence-electron chi connectivity index (χ1n) is 8.85. The monoisotopic (exact) mass is 457 g/mol. The van der Waals surface area contributed by atoms with E-state index in [1.165, 1.54) is 19.2 Å². The fourth-order valence-corrected chi connectivity index (χ4v) is 3.48. The normalized spacial score (nSPS) is 10.8. The Morgan fingerprint density at radius 3 is 2.55 bits per heavy atom. The van der Waals surface area contributed by atoms with Crippen LogP contribution in [-0.2, 0) is 0 Å². The second-order valence-electron chi connectivity index (χ2n) is 6.43. The summed E-state index contributed by atoms with van der Waals surface area (Å²) >= 11 is 12.1. The Bertz CT molecular complexity index is 1320. The Kier molecular flexibility index (Phi) is 5.50. The molecule has 0 spiro atoms. The maximum atomic E-state index is 12.5. The second-order valence-corrected chi connectivity index (χ2v) is 7.27. The molecule has 0 radical (unpaired) electrons. The van der Waals surface area contributed by atoms with Crippen molar-refractivity contribution < 1.29 is 18.9 Å². The van der Waals surface area contributed by atoms with Crippen molar-refractivity contribution in [3.63, 3.8) is 0 Å². The third kappa shape index (κ3) is 4.16. The van der Waals surface area contributed by atoms with Crippen LogP contribution in [0.1, 0.15) is 10.4 Å². The zero-order valence-electron chi connectivity index (χ0n) is 15.9. The number of hydrogen-bond donors (Lipinski definition) is 1. The van der Waals surface area contributed by atoms with Gasteiger partial charge in [-0.3, -0.25) is 14.9 Å². The molecule has 0 bridgehead atoms. The largest absolute Gasteiger partial charge is 0.490 e. The van der Waals surface area contributed by atoms with E-state index >= 15 is 0 Å². The molecule has 0 atom stereocenters. The number of benzene rings is 3. The van der Waals surface area contributed by atoms with E-state index in [2.05, 4.69) is 10.3 Å². The molecule has 1 N–H and O–H groups in total. The summed E-state index contributed by atoms with van der Waals surface area (Å²) in [5.41, 5.74) is 1.96. The number of aromatic nitrogens is 1. The van der Waals surface area contributed by atoms with Gasteiger partial charge in [0.15, 0.2) is 11.3 Å². The molecule has 0 unspecified atom stereocenters. The van der Waals surface area contributed by atoms with Gasteiger partial charge in [-0.25, -0.2) is 4.98 Å². The SMILES string of the molecule is COc1ccc(C(=O)Nc2ccc(-c3nc4cc(Cl)cc(Cl)c4o3)cc2)cc1[N+](=O)[O-]. The molecule has 3 aromatic carbocycles. The van der Waals surface area contributed by atoms with Crippen LogP contribution in [0.3, 0.4) is 0 Å². The van der Waals surface area contributed by atoms with Crippen LogP contribution < -0.4 is 10.1 Å². The van der Waals surface area contributed by atoms with Crippen LogP contribution in [0, 0.1) is 10.1 Å². The van der Waals surface area contributed by atoms with E-state index in [1.807, 2.05) is 0 Å². The van der Waals surface area contributed by atoms with Crippen LogP contribution in [0.15, 0.2) is 59.0 Å². The van der Waals surface area contributed by atoms with Crippen LogP contribution in [-0.4, -0.2) is 22.9 Å².